The van der Waals surface area contributed by atoms with Crippen LogP contribution >= 0.6 is 0 Å². The number of carboxylic acid groups (broad SMARTS) is 1. The lowest BCUT2D eigenvalue weighted by Gasteiger charge is -2.13. The molecule has 1 aromatic heterocycles. The summed E-state index contributed by atoms with van der Waals surface area (Å²) in [5, 5.41) is 15.8. The van der Waals surface area contributed by atoms with Gasteiger partial charge in [0.05, 0.1) is 6.20 Å². The number of ether oxygens (including phenoxy) is 2. The van der Waals surface area contributed by atoms with Gasteiger partial charge in [0.15, 0.2) is 11.5 Å². The first-order valence-electron chi connectivity index (χ1n) is 5.44. The van der Waals surface area contributed by atoms with E-state index >= 15 is 0 Å². The summed E-state index contributed by atoms with van der Waals surface area (Å²) in [6.07, 6.45) is -3.79. The van der Waals surface area contributed by atoms with Crippen LogP contribution in [0.2, 0.25) is 0 Å². The highest BCUT2D eigenvalue weighted by Gasteiger charge is 2.32. The van der Waals surface area contributed by atoms with Crippen LogP contribution < -0.4 is 9.47 Å². The number of aromatic carboxylic acids is 1. The predicted molar refractivity (Wildman–Crippen MR) is 62.2 cm³/mol. The van der Waals surface area contributed by atoms with Crippen LogP contribution in [0.5, 0.6) is 17.4 Å². The molecule has 0 bridgehead atoms. The number of aromatic nitrogens is 2. The molecule has 0 saturated carbocycles. The number of halogens is 3. The van der Waals surface area contributed by atoms with Gasteiger partial charge in [0.2, 0.25) is 0 Å². The third-order valence-corrected chi connectivity index (χ3v) is 2.20. The highest BCUT2D eigenvalue weighted by atomic mass is 19.4. The molecule has 0 unspecified atom stereocenters. The summed E-state index contributed by atoms with van der Waals surface area (Å²) >= 11 is 0. The van der Waals surface area contributed by atoms with Gasteiger partial charge in [-0.05, 0) is 18.2 Å². The zero-order valence-electron chi connectivity index (χ0n) is 10.2. The molecule has 110 valence electrons. The van der Waals surface area contributed by atoms with Crippen molar-refractivity contribution in [2.45, 2.75) is 6.36 Å². The normalized spacial score (nSPS) is 11.0. The molecule has 0 fully saturated rings. The van der Waals surface area contributed by atoms with E-state index in [4.69, 9.17) is 9.84 Å². The van der Waals surface area contributed by atoms with Gasteiger partial charge in [-0.3, -0.25) is 0 Å². The number of carbonyl (C=O) groups is 1. The van der Waals surface area contributed by atoms with E-state index in [9.17, 15) is 18.0 Å². The van der Waals surface area contributed by atoms with Gasteiger partial charge in [-0.2, -0.15) is 5.10 Å². The molecule has 1 aromatic carbocycles. The monoisotopic (exact) mass is 300 g/mol. The number of hydrogen-bond acceptors (Lipinski definition) is 5. The molecule has 0 aliphatic heterocycles. The van der Waals surface area contributed by atoms with E-state index in [1.807, 2.05) is 0 Å². The number of benzene rings is 1. The van der Waals surface area contributed by atoms with Crippen LogP contribution in [0.1, 0.15) is 10.4 Å². The van der Waals surface area contributed by atoms with Crippen molar-refractivity contribution in [3.63, 3.8) is 0 Å². The maximum Gasteiger partial charge on any atom is 0.573 e. The van der Waals surface area contributed by atoms with Gasteiger partial charge in [0.25, 0.3) is 5.88 Å². The molecule has 0 amide bonds. The van der Waals surface area contributed by atoms with E-state index in [1.54, 1.807) is 0 Å². The van der Waals surface area contributed by atoms with Crippen molar-refractivity contribution in [3.05, 3.63) is 42.1 Å². The summed E-state index contributed by atoms with van der Waals surface area (Å²) in [4.78, 5) is 11.0. The number of hydrogen-bond donors (Lipinski definition) is 1. The molecule has 0 saturated heterocycles. The Kier molecular flexibility index (Phi) is 3.92. The highest BCUT2D eigenvalue weighted by molar-refractivity contribution is 5.90. The van der Waals surface area contributed by atoms with Crippen molar-refractivity contribution in [2.75, 3.05) is 0 Å². The molecule has 0 spiro atoms. The maximum absolute atomic E-state index is 12.3. The summed E-state index contributed by atoms with van der Waals surface area (Å²) in [6, 6.07) is 6.02. The number of para-hydroxylation sites is 2. The average Bonchev–Trinajstić information content (AvgIpc) is 2.40. The maximum atomic E-state index is 12.3. The predicted octanol–water partition coefficient (Wildman–Crippen LogP) is 2.87. The second-order valence-electron chi connectivity index (χ2n) is 3.65. The second-order valence-corrected chi connectivity index (χ2v) is 3.65. The summed E-state index contributed by atoms with van der Waals surface area (Å²) in [5.74, 6) is -2.75. The summed E-state index contributed by atoms with van der Waals surface area (Å²) in [5.41, 5.74) is -0.341. The van der Waals surface area contributed by atoms with Crippen molar-refractivity contribution in [1.29, 1.82) is 0 Å². The number of carboxylic acids is 1. The third-order valence-electron chi connectivity index (χ3n) is 2.20. The van der Waals surface area contributed by atoms with Crippen molar-refractivity contribution in [1.82, 2.24) is 10.2 Å². The van der Waals surface area contributed by atoms with Crippen LogP contribution in [-0.4, -0.2) is 27.6 Å². The fraction of sp³-hybridized carbons (Fsp3) is 0.0833. The Morgan fingerprint density at radius 3 is 2.43 bits per heavy atom. The average molecular weight is 300 g/mol. The van der Waals surface area contributed by atoms with Crippen LogP contribution in [-0.2, 0) is 0 Å². The molecule has 2 rings (SSSR count). The molecular formula is C12H7F3N2O4. The zero-order valence-corrected chi connectivity index (χ0v) is 10.2. The molecule has 21 heavy (non-hydrogen) atoms. The summed E-state index contributed by atoms with van der Waals surface area (Å²) in [7, 11) is 0. The molecule has 1 heterocycles. The lowest BCUT2D eigenvalue weighted by molar-refractivity contribution is -0.275. The Labute approximate surface area is 115 Å². The van der Waals surface area contributed by atoms with Crippen LogP contribution in [0.25, 0.3) is 0 Å². The third kappa shape index (κ3) is 3.81. The molecule has 0 aliphatic carbocycles. The fourth-order valence-corrected chi connectivity index (χ4v) is 1.40. The Bertz CT molecular complexity index is 661. The molecule has 1 N–H and O–H groups in total. The Morgan fingerprint density at radius 1 is 1.14 bits per heavy atom. The standard InChI is InChI=1S/C12H7F3N2O4/c13-12(14,15)21-9-4-2-1-3-8(9)20-10-7(11(18)19)5-6-16-17-10/h1-6H,(H,18,19). The molecule has 0 aliphatic rings. The van der Waals surface area contributed by atoms with Crippen LogP contribution in [0.15, 0.2) is 36.5 Å². The van der Waals surface area contributed by atoms with Gasteiger partial charge in [-0.1, -0.05) is 12.1 Å². The lowest BCUT2D eigenvalue weighted by atomic mass is 10.3. The molecule has 0 radical (unpaired) electrons. The van der Waals surface area contributed by atoms with E-state index in [-0.39, 0.29) is 11.3 Å². The van der Waals surface area contributed by atoms with E-state index in [0.717, 1.165) is 18.3 Å². The minimum atomic E-state index is -4.91. The van der Waals surface area contributed by atoms with E-state index in [2.05, 4.69) is 14.9 Å². The first kappa shape index (κ1) is 14.6. The van der Waals surface area contributed by atoms with Crippen molar-refractivity contribution < 1.29 is 32.5 Å². The van der Waals surface area contributed by atoms with Crippen LogP contribution in [0, 0.1) is 0 Å². The molecule has 6 nitrogen and oxygen atoms in total. The van der Waals surface area contributed by atoms with Gasteiger partial charge in [0.1, 0.15) is 5.56 Å². The quantitative estimate of drug-likeness (QED) is 0.935. The van der Waals surface area contributed by atoms with Gasteiger partial charge in [-0.15, -0.1) is 18.3 Å². The first-order chi connectivity index (χ1) is 9.87. The molecule has 9 heteroatoms. The molecule has 0 atom stereocenters. The van der Waals surface area contributed by atoms with Crippen LogP contribution in [0.4, 0.5) is 13.2 Å². The van der Waals surface area contributed by atoms with E-state index in [1.165, 1.54) is 18.2 Å². The van der Waals surface area contributed by atoms with Crippen molar-refractivity contribution in [2.24, 2.45) is 0 Å². The largest absolute Gasteiger partial charge is 0.573 e. The Hall–Kier alpha value is -2.84. The Morgan fingerprint density at radius 2 is 1.81 bits per heavy atom. The molecule has 2 aromatic rings. The van der Waals surface area contributed by atoms with Gasteiger partial charge >= 0.3 is 12.3 Å². The second kappa shape index (κ2) is 5.65. The van der Waals surface area contributed by atoms with E-state index in [0.29, 0.717) is 0 Å². The lowest BCUT2D eigenvalue weighted by Crippen LogP contribution is -2.17. The van der Waals surface area contributed by atoms with Gasteiger partial charge in [-0.25, -0.2) is 4.79 Å². The van der Waals surface area contributed by atoms with E-state index < -0.39 is 24.0 Å². The topological polar surface area (TPSA) is 81.5 Å². The Balaban J connectivity index is 2.35. The van der Waals surface area contributed by atoms with Crippen molar-refractivity contribution in [3.8, 4) is 17.4 Å². The number of alkyl halides is 3. The zero-order chi connectivity index (χ0) is 15.5. The summed E-state index contributed by atoms with van der Waals surface area (Å²) < 4.78 is 45.7. The minimum absolute atomic E-state index is 0.335. The van der Waals surface area contributed by atoms with Crippen molar-refractivity contribution >= 4 is 5.97 Å². The SMILES string of the molecule is O=C(O)c1ccnnc1Oc1ccccc1OC(F)(F)F. The number of rotatable bonds is 4. The molecular weight excluding hydrogens is 293 g/mol. The minimum Gasteiger partial charge on any atom is -0.477 e. The van der Waals surface area contributed by atoms with Gasteiger partial charge < -0.3 is 14.6 Å². The smallest absolute Gasteiger partial charge is 0.477 e. The summed E-state index contributed by atoms with van der Waals surface area (Å²) in [6.45, 7) is 0. The highest BCUT2D eigenvalue weighted by Crippen LogP contribution is 2.34. The van der Waals surface area contributed by atoms with Crippen LogP contribution in [0.3, 0.4) is 0 Å². The first-order valence-corrected chi connectivity index (χ1v) is 5.44. The fourth-order valence-electron chi connectivity index (χ4n) is 1.40. The van der Waals surface area contributed by atoms with Gasteiger partial charge in [0, 0.05) is 0 Å². The number of nitrogens with zero attached hydrogens (tertiary/aromatic N) is 2.